The van der Waals surface area contributed by atoms with Crippen molar-refractivity contribution in [2.75, 3.05) is 6.54 Å². The minimum atomic E-state index is 0.934. The molecule has 88 valence electrons. The van der Waals surface area contributed by atoms with Crippen molar-refractivity contribution in [1.82, 2.24) is 9.88 Å². The van der Waals surface area contributed by atoms with E-state index in [-0.39, 0.29) is 0 Å². The van der Waals surface area contributed by atoms with Crippen LogP contribution in [0.15, 0.2) is 6.07 Å². The summed E-state index contributed by atoms with van der Waals surface area (Å²) in [6.07, 6.45) is 0.934. The summed E-state index contributed by atoms with van der Waals surface area (Å²) in [7, 11) is 0. The molecule has 0 fully saturated rings. The first-order valence-electron chi connectivity index (χ1n) is 5.96. The van der Waals surface area contributed by atoms with Crippen LogP contribution in [0.4, 0.5) is 0 Å². The van der Waals surface area contributed by atoms with Crippen molar-refractivity contribution in [2.45, 2.75) is 47.2 Å². The predicted molar refractivity (Wildman–Crippen MR) is 69.4 cm³/mol. The highest BCUT2D eigenvalue weighted by Crippen LogP contribution is 2.14. The molecule has 0 saturated heterocycles. The number of aromatic nitrogens is 1. The van der Waals surface area contributed by atoms with Crippen LogP contribution in [0.5, 0.6) is 0 Å². The second-order valence-electron chi connectivity index (χ2n) is 3.99. The van der Waals surface area contributed by atoms with Crippen LogP contribution in [0, 0.1) is 25.7 Å². The van der Waals surface area contributed by atoms with E-state index in [4.69, 9.17) is 0 Å². The van der Waals surface area contributed by atoms with E-state index >= 15 is 0 Å². The molecule has 2 nitrogen and oxygen atoms in total. The first-order chi connectivity index (χ1) is 7.70. The minimum Gasteiger partial charge on any atom is -0.349 e. The van der Waals surface area contributed by atoms with Crippen LogP contribution in [0.1, 0.15) is 37.2 Å². The molecule has 16 heavy (non-hydrogen) atoms. The second-order valence-corrected chi connectivity index (χ2v) is 3.99. The standard InChI is InChI=1S/C14H22N2/c1-5-7-8-9-15-11-14-10-12(3)16(6-2)13(14)4/h10,15H,6,8-9,11H2,1-4H3. The van der Waals surface area contributed by atoms with Crippen molar-refractivity contribution in [3.8, 4) is 11.8 Å². The lowest BCUT2D eigenvalue weighted by Gasteiger charge is -2.06. The average Bonchev–Trinajstić information content (AvgIpc) is 2.53. The number of aryl methyl sites for hydroxylation is 1. The van der Waals surface area contributed by atoms with Crippen molar-refractivity contribution in [2.24, 2.45) is 0 Å². The highest BCUT2D eigenvalue weighted by molar-refractivity contribution is 5.26. The minimum absolute atomic E-state index is 0.934. The van der Waals surface area contributed by atoms with E-state index in [0.717, 1.165) is 26.1 Å². The molecule has 1 heterocycles. The van der Waals surface area contributed by atoms with Gasteiger partial charge in [-0.1, -0.05) is 0 Å². The molecule has 0 spiro atoms. The van der Waals surface area contributed by atoms with E-state index in [1.165, 1.54) is 17.0 Å². The lowest BCUT2D eigenvalue weighted by atomic mass is 10.2. The van der Waals surface area contributed by atoms with Crippen LogP contribution in [-0.2, 0) is 13.1 Å². The monoisotopic (exact) mass is 218 g/mol. The topological polar surface area (TPSA) is 17.0 Å². The summed E-state index contributed by atoms with van der Waals surface area (Å²) in [5.41, 5.74) is 4.14. The zero-order chi connectivity index (χ0) is 12.0. The molecule has 0 unspecified atom stereocenters. The quantitative estimate of drug-likeness (QED) is 0.594. The van der Waals surface area contributed by atoms with Gasteiger partial charge in [0.25, 0.3) is 0 Å². The average molecular weight is 218 g/mol. The van der Waals surface area contributed by atoms with Crippen LogP contribution in [0.25, 0.3) is 0 Å². The second kappa shape index (κ2) is 6.40. The Bertz CT molecular complexity index is 391. The molecule has 1 aromatic heterocycles. The van der Waals surface area contributed by atoms with E-state index in [9.17, 15) is 0 Å². The predicted octanol–water partition coefficient (Wildman–Crippen LogP) is 2.63. The van der Waals surface area contributed by atoms with Gasteiger partial charge in [0.1, 0.15) is 0 Å². The van der Waals surface area contributed by atoms with E-state index in [2.05, 4.69) is 48.6 Å². The lowest BCUT2D eigenvalue weighted by molar-refractivity contribution is 0.681. The van der Waals surface area contributed by atoms with E-state index < -0.39 is 0 Å². The van der Waals surface area contributed by atoms with Gasteiger partial charge in [-0.15, -0.1) is 11.8 Å². The van der Waals surface area contributed by atoms with E-state index in [1.54, 1.807) is 0 Å². The van der Waals surface area contributed by atoms with Crippen molar-refractivity contribution in [3.63, 3.8) is 0 Å². The van der Waals surface area contributed by atoms with Crippen LogP contribution in [-0.4, -0.2) is 11.1 Å². The fourth-order valence-corrected chi connectivity index (χ4v) is 2.04. The number of rotatable bonds is 5. The third-order valence-corrected chi connectivity index (χ3v) is 2.91. The van der Waals surface area contributed by atoms with Crippen molar-refractivity contribution in [3.05, 3.63) is 23.0 Å². The molecule has 1 N–H and O–H groups in total. The van der Waals surface area contributed by atoms with Gasteiger partial charge in [0.2, 0.25) is 0 Å². The maximum atomic E-state index is 3.43. The first-order valence-corrected chi connectivity index (χ1v) is 5.96. The number of nitrogens with one attached hydrogen (secondary N) is 1. The van der Waals surface area contributed by atoms with Crippen molar-refractivity contribution >= 4 is 0 Å². The number of hydrogen-bond donors (Lipinski definition) is 1. The molecule has 0 aromatic carbocycles. The maximum Gasteiger partial charge on any atom is 0.0223 e. The van der Waals surface area contributed by atoms with Gasteiger partial charge in [0.05, 0.1) is 0 Å². The third-order valence-electron chi connectivity index (χ3n) is 2.91. The Morgan fingerprint density at radius 2 is 2.12 bits per heavy atom. The molecule has 0 saturated carbocycles. The Balaban J connectivity index is 2.50. The molecular formula is C14H22N2. The normalized spacial score (nSPS) is 10.0. The highest BCUT2D eigenvalue weighted by atomic mass is 15.0. The summed E-state index contributed by atoms with van der Waals surface area (Å²) in [5.74, 6) is 5.97. The smallest absolute Gasteiger partial charge is 0.0223 e. The molecule has 0 bridgehead atoms. The van der Waals surface area contributed by atoms with Crippen LogP contribution < -0.4 is 5.32 Å². The molecule has 0 radical (unpaired) electrons. The van der Waals surface area contributed by atoms with Crippen molar-refractivity contribution < 1.29 is 0 Å². The summed E-state index contributed by atoms with van der Waals surface area (Å²) in [6.45, 7) is 11.4. The summed E-state index contributed by atoms with van der Waals surface area (Å²) >= 11 is 0. The zero-order valence-electron chi connectivity index (χ0n) is 10.9. The van der Waals surface area contributed by atoms with E-state index in [0.29, 0.717) is 0 Å². The van der Waals surface area contributed by atoms with Crippen LogP contribution in [0.3, 0.4) is 0 Å². The van der Waals surface area contributed by atoms with Gasteiger partial charge < -0.3 is 9.88 Å². The van der Waals surface area contributed by atoms with Gasteiger partial charge in [-0.2, -0.15) is 0 Å². The first kappa shape index (κ1) is 12.9. The van der Waals surface area contributed by atoms with Gasteiger partial charge in [0, 0.05) is 37.4 Å². The summed E-state index contributed by atoms with van der Waals surface area (Å²) in [4.78, 5) is 0. The molecule has 0 aliphatic rings. The molecular weight excluding hydrogens is 196 g/mol. The molecule has 0 aliphatic heterocycles. The summed E-state index contributed by atoms with van der Waals surface area (Å²) in [6, 6.07) is 2.28. The SMILES string of the molecule is CC#CCCNCc1cc(C)n(CC)c1C. The molecule has 0 atom stereocenters. The Labute approximate surface area is 99.0 Å². The molecule has 0 amide bonds. The fraction of sp³-hybridized carbons (Fsp3) is 0.571. The van der Waals surface area contributed by atoms with Crippen LogP contribution >= 0.6 is 0 Å². The number of nitrogens with zero attached hydrogens (tertiary/aromatic N) is 1. The fourth-order valence-electron chi connectivity index (χ4n) is 2.04. The zero-order valence-corrected chi connectivity index (χ0v) is 10.9. The van der Waals surface area contributed by atoms with Gasteiger partial charge >= 0.3 is 0 Å². The van der Waals surface area contributed by atoms with E-state index in [1.807, 2.05) is 6.92 Å². The van der Waals surface area contributed by atoms with Crippen LogP contribution in [0.2, 0.25) is 0 Å². The molecule has 2 heteroatoms. The Kier molecular flexibility index (Phi) is 5.14. The third kappa shape index (κ3) is 3.15. The summed E-state index contributed by atoms with van der Waals surface area (Å²) in [5, 5.41) is 3.43. The Morgan fingerprint density at radius 3 is 2.69 bits per heavy atom. The molecule has 1 aromatic rings. The Hall–Kier alpha value is -1.20. The van der Waals surface area contributed by atoms with Gasteiger partial charge in [-0.05, 0) is 39.3 Å². The lowest BCUT2D eigenvalue weighted by Crippen LogP contribution is -2.14. The van der Waals surface area contributed by atoms with Gasteiger partial charge in [-0.3, -0.25) is 0 Å². The van der Waals surface area contributed by atoms with Gasteiger partial charge in [0.15, 0.2) is 0 Å². The maximum absolute atomic E-state index is 3.43. The van der Waals surface area contributed by atoms with Crippen molar-refractivity contribution in [1.29, 1.82) is 0 Å². The van der Waals surface area contributed by atoms with Gasteiger partial charge in [-0.25, -0.2) is 0 Å². The Morgan fingerprint density at radius 1 is 1.38 bits per heavy atom. The summed E-state index contributed by atoms with van der Waals surface area (Å²) < 4.78 is 2.35. The molecule has 1 rings (SSSR count). The highest BCUT2D eigenvalue weighted by Gasteiger charge is 2.06. The molecule has 0 aliphatic carbocycles. The number of hydrogen-bond acceptors (Lipinski definition) is 1. The largest absolute Gasteiger partial charge is 0.349 e.